The van der Waals surface area contributed by atoms with Crippen LogP contribution in [0.4, 0.5) is 0 Å². The number of sulfonamides is 1. The lowest BCUT2D eigenvalue weighted by molar-refractivity contribution is 0.340. The van der Waals surface area contributed by atoms with Gasteiger partial charge < -0.3 is 14.0 Å². The van der Waals surface area contributed by atoms with Gasteiger partial charge in [0.25, 0.3) is 0 Å². The number of methoxy groups -OCH3 is 1. The first-order valence-electron chi connectivity index (χ1n) is 9.19. The minimum atomic E-state index is -3.73. The maximum atomic E-state index is 12.6. The van der Waals surface area contributed by atoms with Crippen molar-refractivity contribution < 1.29 is 22.4 Å². The third-order valence-electron chi connectivity index (χ3n) is 4.25. The zero-order valence-corrected chi connectivity index (χ0v) is 17.3. The molecule has 8 nitrogen and oxygen atoms in total. The maximum absolute atomic E-state index is 12.6. The van der Waals surface area contributed by atoms with Crippen LogP contribution in [0.2, 0.25) is 0 Å². The lowest BCUT2D eigenvalue weighted by Gasteiger charge is -2.10. The van der Waals surface area contributed by atoms with Crippen molar-refractivity contribution in [1.29, 1.82) is 0 Å². The van der Waals surface area contributed by atoms with Crippen LogP contribution in [-0.2, 0) is 23.0 Å². The number of rotatable bonds is 9. The Bertz CT molecular complexity index is 1060. The Morgan fingerprint density at radius 3 is 2.52 bits per heavy atom. The van der Waals surface area contributed by atoms with Crippen molar-refractivity contribution in [2.24, 2.45) is 0 Å². The van der Waals surface area contributed by atoms with E-state index in [0.717, 1.165) is 16.9 Å². The first-order chi connectivity index (χ1) is 14.0. The summed E-state index contributed by atoms with van der Waals surface area (Å²) in [6, 6.07) is 12.0. The molecule has 0 fully saturated rings. The molecule has 29 heavy (non-hydrogen) atoms. The van der Waals surface area contributed by atoms with Gasteiger partial charge in [0.05, 0.1) is 25.2 Å². The molecule has 3 rings (SSSR count). The average Bonchev–Trinajstić information content (AvgIpc) is 3.22. The van der Waals surface area contributed by atoms with Gasteiger partial charge in [0.15, 0.2) is 0 Å². The minimum absolute atomic E-state index is 0.111. The molecule has 0 atom stereocenters. The molecule has 0 saturated heterocycles. The molecule has 3 aromatic rings. The summed E-state index contributed by atoms with van der Waals surface area (Å²) in [6.45, 7) is 4.32. The quantitative estimate of drug-likeness (QED) is 0.570. The van der Waals surface area contributed by atoms with Crippen molar-refractivity contribution in [3.05, 3.63) is 53.9 Å². The molecule has 2 aromatic carbocycles. The van der Waals surface area contributed by atoms with Crippen LogP contribution in [0.3, 0.4) is 0 Å². The lowest BCUT2D eigenvalue weighted by Crippen LogP contribution is -2.23. The van der Waals surface area contributed by atoms with E-state index < -0.39 is 10.0 Å². The molecule has 0 radical (unpaired) electrons. The Hall–Kier alpha value is -2.91. The number of benzene rings is 2. The lowest BCUT2D eigenvalue weighted by atomic mass is 10.1. The van der Waals surface area contributed by atoms with Crippen LogP contribution in [0.25, 0.3) is 11.4 Å². The third kappa shape index (κ3) is 4.93. The summed E-state index contributed by atoms with van der Waals surface area (Å²) >= 11 is 0. The van der Waals surface area contributed by atoms with E-state index in [4.69, 9.17) is 14.0 Å². The molecule has 0 saturated carbocycles. The van der Waals surface area contributed by atoms with E-state index in [1.165, 1.54) is 6.07 Å². The van der Waals surface area contributed by atoms with Crippen molar-refractivity contribution in [1.82, 2.24) is 14.9 Å². The van der Waals surface area contributed by atoms with Gasteiger partial charge in [-0.15, -0.1) is 0 Å². The molecule has 0 aliphatic carbocycles. The van der Waals surface area contributed by atoms with E-state index in [0.29, 0.717) is 24.6 Å². The zero-order chi connectivity index (χ0) is 20.9. The van der Waals surface area contributed by atoms with Gasteiger partial charge in [-0.25, -0.2) is 13.1 Å². The van der Waals surface area contributed by atoms with E-state index >= 15 is 0 Å². The van der Waals surface area contributed by atoms with Crippen molar-refractivity contribution in [2.75, 3.05) is 13.7 Å². The summed E-state index contributed by atoms with van der Waals surface area (Å²) in [5.74, 6) is 1.95. The Morgan fingerprint density at radius 1 is 1.10 bits per heavy atom. The first-order valence-corrected chi connectivity index (χ1v) is 10.7. The molecule has 9 heteroatoms. The monoisotopic (exact) mass is 417 g/mol. The van der Waals surface area contributed by atoms with Crippen LogP contribution in [0.15, 0.2) is 51.9 Å². The van der Waals surface area contributed by atoms with Crippen LogP contribution in [-0.4, -0.2) is 32.3 Å². The SMILES string of the molecule is CCOc1ccc(-c2noc(CNS(=O)(=O)c3ccc(OC)c(CC)c3)n2)cc1. The molecule has 1 aromatic heterocycles. The number of hydrogen-bond donors (Lipinski definition) is 1. The summed E-state index contributed by atoms with van der Waals surface area (Å²) < 4.78 is 43.5. The highest BCUT2D eigenvalue weighted by atomic mass is 32.2. The van der Waals surface area contributed by atoms with Gasteiger partial charge in [0.2, 0.25) is 21.7 Å². The van der Waals surface area contributed by atoms with E-state index in [9.17, 15) is 8.42 Å². The van der Waals surface area contributed by atoms with Gasteiger partial charge >= 0.3 is 0 Å². The first kappa shape index (κ1) is 20.8. The van der Waals surface area contributed by atoms with Gasteiger partial charge in [-0.2, -0.15) is 4.98 Å². The molecule has 0 aliphatic heterocycles. The Morgan fingerprint density at radius 2 is 1.86 bits per heavy atom. The summed E-state index contributed by atoms with van der Waals surface area (Å²) in [6.07, 6.45) is 0.654. The minimum Gasteiger partial charge on any atom is -0.496 e. The Balaban J connectivity index is 1.70. The van der Waals surface area contributed by atoms with E-state index in [1.54, 1.807) is 19.2 Å². The van der Waals surface area contributed by atoms with E-state index in [-0.39, 0.29) is 17.3 Å². The fourth-order valence-corrected chi connectivity index (χ4v) is 3.77. The maximum Gasteiger partial charge on any atom is 0.242 e. The standard InChI is InChI=1S/C20H23N3O5S/c1-4-14-12-17(10-11-18(14)26-3)29(24,25)21-13-19-22-20(23-28-19)15-6-8-16(9-7-15)27-5-2/h6-12,21H,4-5,13H2,1-3H3. The Kier molecular flexibility index (Phi) is 6.50. The second kappa shape index (κ2) is 9.06. The molecular formula is C20H23N3O5S. The highest BCUT2D eigenvalue weighted by Crippen LogP contribution is 2.23. The summed E-state index contributed by atoms with van der Waals surface area (Å²) in [5, 5.41) is 3.91. The molecule has 1 heterocycles. The van der Waals surface area contributed by atoms with Crippen molar-refractivity contribution in [3.8, 4) is 22.9 Å². The van der Waals surface area contributed by atoms with Crippen molar-refractivity contribution >= 4 is 10.0 Å². The van der Waals surface area contributed by atoms with Crippen molar-refractivity contribution in [2.45, 2.75) is 31.7 Å². The van der Waals surface area contributed by atoms with Crippen LogP contribution in [0.5, 0.6) is 11.5 Å². The zero-order valence-electron chi connectivity index (χ0n) is 16.5. The van der Waals surface area contributed by atoms with Crippen LogP contribution in [0, 0.1) is 0 Å². The summed E-state index contributed by atoms with van der Waals surface area (Å²) in [7, 11) is -2.18. The second-order valence-electron chi connectivity index (χ2n) is 6.12. The normalized spacial score (nSPS) is 11.4. The average molecular weight is 417 g/mol. The predicted octanol–water partition coefficient (Wildman–Crippen LogP) is 3.18. The highest BCUT2D eigenvalue weighted by Gasteiger charge is 2.18. The number of nitrogens with one attached hydrogen (secondary N) is 1. The van der Waals surface area contributed by atoms with E-state index in [1.807, 2.05) is 38.1 Å². The number of aromatic nitrogens is 2. The van der Waals surface area contributed by atoms with Gasteiger partial charge in [0.1, 0.15) is 11.5 Å². The molecule has 0 unspecified atom stereocenters. The molecule has 154 valence electrons. The third-order valence-corrected chi connectivity index (χ3v) is 5.65. The molecule has 1 N–H and O–H groups in total. The molecule has 0 aliphatic rings. The fourth-order valence-electron chi connectivity index (χ4n) is 2.75. The smallest absolute Gasteiger partial charge is 0.242 e. The van der Waals surface area contributed by atoms with E-state index in [2.05, 4.69) is 14.9 Å². The number of ether oxygens (including phenoxy) is 2. The number of hydrogen-bond acceptors (Lipinski definition) is 7. The Labute approximate surface area is 169 Å². The fraction of sp³-hybridized carbons (Fsp3) is 0.300. The van der Waals surface area contributed by atoms with Gasteiger partial charge in [-0.3, -0.25) is 0 Å². The molecule has 0 spiro atoms. The summed E-state index contributed by atoms with van der Waals surface area (Å²) in [5.41, 5.74) is 1.56. The molecule has 0 amide bonds. The second-order valence-corrected chi connectivity index (χ2v) is 7.89. The van der Waals surface area contributed by atoms with Crippen LogP contribution >= 0.6 is 0 Å². The van der Waals surface area contributed by atoms with Gasteiger partial charge in [-0.1, -0.05) is 12.1 Å². The van der Waals surface area contributed by atoms with Crippen molar-refractivity contribution in [3.63, 3.8) is 0 Å². The molecule has 0 bridgehead atoms. The van der Waals surface area contributed by atoms with Crippen LogP contribution < -0.4 is 14.2 Å². The highest BCUT2D eigenvalue weighted by molar-refractivity contribution is 7.89. The molecular weight excluding hydrogens is 394 g/mol. The predicted molar refractivity (Wildman–Crippen MR) is 107 cm³/mol. The van der Waals surface area contributed by atoms with Gasteiger partial charge in [0, 0.05) is 5.56 Å². The van der Waals surface area contributed by atoms with Gasteiger partial charge in [-0.05, 0) is 61.4 Å². The number of aryl methyl sites for hydroxylation is 1. The topological polar surface area (TPSA) is 104 Å². The van der Waals surface area contributed by atoms with Crippen LogP contribution in [0.1, 0.15) is 25.3 Å². The largest absolute Gasteiger partial charge is 0.496 e. The summed E-state index contributed by atoms with van der Waals surface area (Å²) in [4.78, 5) is 4.40. The number of nitrogens with zero attached hydrogens (tertiary/aromatic N) is 2.